The molecule has 0 amide bonds. The van der Waals surface area contributed by atoms with Gasteiger partial charge in [0.25, 0.3) is 10.2 Å². The third-order valence-corrected chi connectivity index (χ3v) is 5.60. The van der Waals surface area contributed by atoms with Crippen LogP contribution in [0.25, 0.3) is 0 Å². The molecular weight excluding hydrogens is 252 g/mol. The van der Waals surface area contributed by atoms with Gasteiger partial charge in [0.2, 0.25) is 0 Å². The predicted octanol–water partition coefficient (Wildman–Crippen LogP) is 1.06. The van der Waals surface area contributed by atoms with E-state index in [2.05, 4.69) is 4.72 Å². The molecule has 0 bridgehead atoms. The van der Waals surface area contributed by atoms with Gasteiger partial charge in [-0.05, 0) is 39.5 Å². The van der Waals surface area contributed by atoms with E-state index in [4.69, 9.17) is 0 Å². The molecule has 1 aliphatic heterocycles. The number of hydrogen-bond donors (Lipinski definition) is 1. The Morgan fingerprint density at radius 2 is 2.00 bits per heavy atom. The number of ketones is 1. The van der Waals surface area contributed by atoms with Crippen LogP contribution in [0.3, 0.4) is 0 Å². The van der Waals surface area contributed by atoms with Crippen molar-refractivity contribution in [1.29, 1.82) is 0 Å². The number of hydrogen-bond acceptors (Lipinski definition) is 3. The fourth-order valence-corrected chi connectivity index (χ4v) is 4.79. The standard InChI is InChI=1S/C12H22N2O3S/c1-9(2)13-18(16,17)14-8-4-6-11(14)10-5-3-7-12(10)15/h9-11,13H,3-8H2,1-2H3. The van der Waals surface area contributed by atoms with Crippen molar-refractivity contribution in [2.75, 3.05) is 6.54 Å². The molecule has 104 valence electrons. The summed E-state index contributed by atoms with van der Waals surface area (Å²) in [7, 11) is -3.44. The van der Waals surface area contributed by atoms with Crippen molar-refractivity contribution < 1.29 is 13.2 Å². The maximum absolute atomic E-state index is 12.2. The predicted molar refractivity (Wildman–Crippen MR) is 69.3 cm³/mol. The zero-order chi connectivity index (χ0) is 13.3. The molecular formula is C12H22N2O3S. The summed E-state index contributed by atoms with van der Waals surface area (Å²) in [5, 5.41) is 0. The van der Waals surface area contributed by atoms with E-state index in [1.54, 1.807) is 0 Å². The van der Waals surface area contributed by atoms with Gasteiger partial charge in [-0.25, -0.2) is 0 Å². The second-order valence-electron chi connectivity index (χ2n) is 5.56. The maximum atomic E-state index is 12.2. The lowest BCUT2D eigenvalue weighted by Gasteiger charge is -2.28. The van der Waals surface area contributed by atoms with E-state index in [-0.39, 0.29) is 23.8 Å². The molecule has 1 saturated heterocycles. The molecule has 0 radical (unpaired) electrons. The molecule has 2 atom stereocenters. The van der Waals surface area contributed by atoms with Crippen LogP contribution >= 0.6 is 0 Å². The van der Waals surface area contributed by atoms with Crippen molar-refractivity contribution in [3.05, 3.63) is 0 Å². The first kappa shape index (κ1) is 14.0. The molecule has 1 saturated carbocycles. The van der Waals surface area contributed by atoms with Crippen molar-refractivity contribution in [1.82, 2.24) is 9.03 Å². The topological polar surface area (TPSA) is 66.5 Å². The molecule has 5 nitrogen and oxygen atoms in total. The van der Waals surface area contributed by atoms with Crippen LogP contribution in [0.2, 0.25) is 0 Å². The molecule has 2 unspecified atom stereocenters. The van der Waals surface area contributed by atoms with Crippen molar-refractivity contribution in [2.24, 2.45) is 5.92 Å². The van der Waals surface area contributed by atoms with Gasteiger partial charge < -0.3 is 0 Å². The van der Waals surface area contributed by atoms with Gasteiger partial charge in [-0.2, -0.15) is 17.4 Å². The second-order valence-corrected chi connectivity index (χ2v) is 7.22. The van der Waals surface area contributed by atoms with Crippen LogP contribution < -0.4 is 4.72 Å². The summed E-state index contributed by atoms with van der Waals surface area (Å²) in [5.41, 5.74) is 0. The summed E-state index contributed by atoms with van der Waals surface area (Å²) in [4.78, 5) is 11.8. The molecule has 0 spiro atoms. The quantitative estimate of drug-likeness (QED) is 0.833. The van der Waals surface area contributed by atoms with Gasteiger partial charge in [0, 0.05) is 31.0 Å². The number of carbonyl (C=O) groups is 1. The number of nitrogens with zero attached hydrogens (tertiary/aromatic N) is 1. The highest BCUT2D eigenvalue weighted by Gasteiger charge is 2.42. The molecule has 2 aliphatic rings. The van der Waals surface area contributed by atoms with E-state index in [1.807, 2.05) is 13.8 Å². The smallest absolute Gasteiger partial charge is 0.279 e. The molecule has 0 aromatic carbocycles. The lowest BCUT2D eigenvalue weighted by Crippen LogP contribution is -2.48. The Hall–Kier alpha value is -0.460. The normalized spacial score (nSPS) is 30.5. The van der Waals surface area contributed by atoms with Crippen LogP contribution in [0.5, 0.6) is 0 Å². The average Bonchev–Trinajstić information content (AvgIpc) is 2.82. The molecule has 1 heterocycles. The second kappa shape index (κ2) is 5.27. The highest BCUT2D eigenvalue weighted by molar-refractivity contribution is 7.87. The third-order valence-electron chi connectivity index (χ3n) is 3.76. The van der Waals surface area contributed by atoms with Crippen molar-refractivity contribution in [2.45, 2.75) is 58.0 Å². The maximum Gasteiger partial charge on any atom is 0.279 e. The third kappa shape index (κ3) is 2.75. The first-order valence-corrected chi connectivity index (χ1v) is 8.17. The molecule has 0 aromatic rings. The fraction of sp³-hybridized carbons (Fsp3) is 0.917. The Morgan fingerprint density at radius 3 is 2.56 bits per heavy atom. The molecule has 2 fully saturated rings. The monoisotopic (exact) mass is 274 g/mol. The van der Waals surface area contributed by atoms with Gasteiger partial charge in [0.1, 0.15) is 5.78 Å². The molecule has 6 heteroatoms. The lowest BCUT2D eigenvalue weighted by atomic mass is 9.96. The highest BCUT2D eigenvalue weighted by atomic mass is 32.2. The van der Waals surface area contributed by atoms with E-state index in [9.17, 15) is 13.2 Å². The first-order valence-electron chi connectivity index (χ1n) is 6.73. The molecule has 18 heavy (non-hydrogen) atoms. The molecule has 1 N–H and O–H groups in total. The van der Waals surface area contributed by atoms with Gasteiger partial charge in [-0.15, -0.1) is 0 Å². The largest absolute Gasteiger partial charge is 0.299 e. The molecule has 0 aromatic heterocycles. The van der Waals surface area contributed by atoms with Crippen LogP contribution in [0.1, 0.15) is 46.0 Å². The minimum absolute atomic E-state index is 0.0729. The molecule has 1 aliphatic carbocycles. The van der Waals surface area contributed by atoms with Crippen molar-refractivity contribution >= 4 is 16.0 Å². The number of Topliss-reactive ketones (excluding diaryl/α,β-unsaturated/α-hetero) is 1. The van der Waals surface area contributed by atoms with Crippen molar-refractivity contribution in [3.63, 3.8) is 0 Å². The average molecular weight is 274 g/mol. The van der Waals surface area contributed by atoms with E-state index < -0.39 is 10.2 Å². The Labute approximate surface area is 109 Å². The fourth-order valence-electron chi connectivity index (χ4n) is 3.08. The van der Waals surface area contributed by atoms with Gasteiger partial charge in [0.15, 0.2) is 0 Å². The number of nitrogens with one attached hydrogen (secondary N) is 1. The highest BCUT2D eigenvalue weighted by Crippen LogP contribution is 2.34. The van der Waals surface area contributed by atoms with Crippen LogP contribution in [0.15, 0.2) is 0 Å². The Balaban J connectivity index is 2.14. The Kier molecular flexibility index (Phi) is 4.08. The summed E-state index contributed by atoms with van der Waals surface area (Å²) in [5.74, 6) is 0.169. The molecule has 2 rings (SSSR count). The van der Waals surface area contributed by atoms with Crippen LogP contribution in [-0.4, -0.2) is 37.1 Å². The van der Waals surface area contributed by atoms with E-state index in [1.165, 1.54) is 4.31 Å². The minimum Gasteiger partial charge on any atom is -0.299 e. The van der Waals surface area contributed by atoms with Crippen LogP contribution in [0.4, 0.5) is 0 Å². The summed E-state index contributed by atoms with van der Waals surface area (Å²) in [6.45, 7) is 4.16. The Morgan fingerprint density at radius 1 is 1.28 bits per heavy atom. The summed E-state index contributed by atoms with van der Waals surface area (Å²) < 4.78 is 28.6. The number of carbonyl (C=O) groups excluding carboxylic acids is 1. The van der Waals surface area contributed by atoms with Crippen LogP contribution in [0, 0.1) is 5.92 Å². The van der Waals surface area contributed by atoms with Crippen LogP contribution in [-0.2, 0) is 15.0 Å². The zero-order valence-corrected chi connectivity index (χ0v) is 11.9. The van der Waals surface area contributed by atoms with E-state index in [0.717, 1.165) is 25.7 Å². The van der Waals surface area contributed by atoms with Gasteiger partial charge >= 0.3 is 0 Å². The summed E-state index contributed by atoms with van der Waals surface area (Å²) >= 11 is 0. The Bertz CT molecular complexity index is 419. The van der Waals surface area contributed by atoms with Gasteiger partial charge in [-0.3, -0.25) is 4.79 Å². The van der Waals surface area contributed by atoms with Gasteiger partial charge in [-0.1, -0.05) is 0 Å². The lowest BCUT2D eigenvalue weighted by molar-refractivity contribution is -0.121. The van der Waals surface area contributed by atoms with Crippen molar-refractivity contribution in [3.8, 4) is 0 Å². The van der Waals surface area contributed by atoms with Gasteiger partial charge in [0.05, 0.1) is 0 Å². The number of rotatable bonds is 4. The van der Waals surface area contributed by atoms with E-state index >= 15 is 0 Å². The minimum atomic E-state index is -3.44. The SMILES string of the molecule is CC(C)NS(=O)(=O)N1CCCC1C1CCCC1=O. The summed E-state index contributed by atoms with van der Waals surface area (Å²) in [6, 6.07) is -0.230. The first-order chi connectivity index (χ1) is 8.42. The van der Waals surface area contributed by atoms with E-state index in [0.29, 0.717) is 13.0 Å². The zero-order valence-electron chi connectivity index (χ0n) is 11.1. The summed E-state index contributed by atoms with van der Waals surface area (Å²) in [6.07, 6.45) is 4.04.